The van der Waals surface area contributed by atoms with E-state index in [9.17, 15) is 10.1 Å². The second kappa shape index (κ2) is 3.29. The lowest BCUT2D eigenvalue weighted by atomic mass is 9.90. The van der Waals surface area contributed by atoms with Gasteiger partial charge in [0.1, 0.15) is 5.69 Å². The highest BCUT2D eigenvalue weighted by Crippen LogP contribution is 2.33. The SMILES string of the molecule is Nc1ccc2c(c1[N+](=O)[O-])CCCC2. The third-order valence-electron chi connectivity index (χ3n) is 2.72. The van der Waals surface area contributed by atoms with Crippen LogP contribution in [0.2, 0.25) is 0 Å². The summed E-state index contributed by atoms with van der Waals surface area (Å²) in [6, 6.07) is 3.55. The molecule has 0 heterocycles. The first-order valence-corrected chi connectivity index (χ1v) is 4.75. The molecular weight excluding hydrogens is 180 g/mol. The molecule has 2 N–H and O–H groups in total. The maximum Gasteiger partial charge on any atom is 0.295 e. The van der Waals surface area contributed by atoms with Crippen molar-refractivity contribution in [3.8, 4) is 0 Å². The van der Waals surface area contributed by atoms with Crippen LogP contribution in [0.5, 0.6) is 0 Å². The first kappa shape index (κ1) is 8.99. The van der Waals surface area contributed by atoms with E-state index < -0.39 is 0 Å². The largest absolute Gasteiger partial charge is 0.393 e. The zero-order chi connectivity index (χ0) is 10.1. The first-order valence-electron chi connectivity index (χ1n) is 4.75. The molecule has 0 saturated carbocycles. The van der Waals surface area contributed by atoms with Gasteiger partial charge in [-0.15, -0.1) is 0 Å². The molecule has 0 unspecified atom stereocenters. The zero-order valence-corrected chi connectivity index (χ0v) is 7.82. The molecule has 0 bridgehead atoms. The van der Waals surface area contributed by atoms with Gasteiger partial charge < -0.3 is 5.73 Å². The van der Waals surface area contributed by atoms with E-state index in [1.54, 1.807) is 6.07 Å². The smallest absolute Gasteiger partial charge is 0.295 e. The Morgan fingerprint density at radius 2 is 2.00 bits per heavy atom. The summed E-state index contributed by atoms with van der Waals surface area (Å²) in [4.78, 5) is 10.5. The van der Waals surface area contributed by atoms with Crippen LogP contribution in [-0.4, -0.2) is 4.92 Å². The van der Waals surface area contributed by atoms with Gasteiger partial charge in [0.15, 0.2) is 0 Å². The van der Waals surface area contributed by atoms with Crippen LogP contribution in [0.15, 0.2) is 12.1 Å². The quantitative estimate of drug-likeness (QED) is 0.420. The lowest BCUT2D eigenvalue weighted by Crippen LogP contribution is -2.08. The Morgan fingerprint density at radius 1 is 1.29 bits per heavy atom. The number of benzene rings is 1. The van der Waals surface area contributed by atoms with Gasteiger partial charge in [0.05, 0.1) is 4.92 Å². The number of nitro groups is 1. The Labute approximate surface area is 81.9 Å². The molecule has 1 aromatic rings. The number of hydrogen-bond acceptors (Lipinski definition) is 3. The molecule has 0 spiro atoms. The molecule has 0 aliphatic heterocycles. The Bertz CT molecular complexity index is 388. The number of nitrogen functional groups attached to an aromatic ring is 1. The third-order valence-corrected chi connectivity index (χ3v) is 2.72. The van der Waals surface area contributed by atoms with Crippen LogP contribution in [0.1, 0.15) is 24.0 Å². The number of fused-ring (bicyclic) bond motifs is 1. The summed E-state index contributed by atoms with van der Waals surface area (Å²) < 4.78 is 0. The Balaban J connectivity index is 2.60. The number of anilines is 1. The molecule has 0 atom stereocenters. The predicted octanol–water partition coefficient (Wildman–Crippen LogP) is 2.06. The molecule has 4 heteroatoms. The first-order chi connectivity index (χ1) is 6.70. The van der Waals surface area contributed by atoms with Crippen molar-refractivity contribution in [2.75, 3.05) is 5.73 Å². The molecule has 2 rings (SSSR count). The van der Waals surface area contributed by atoms with Crippen molar-refractivity contribution in [1.29, 1.82) is 0 Å². The topological polar surface area (TPSA) is 69.2 Å². The van der Waals surface area contributed by atoms with Crippen LogP contribution >= 0.6 is 0 Å². The van der Waals surface area contributed by atoms with E-state index in [-0.39, 0.29) is 16.3 Å². The average Bonchev–Trinajstić information content (AvgIpc) is 2.17. The highest BCUT2D eigenvalue weighted by atomic mass is 16.6. The molecule has 0 aromatic heterocycles. The summed E-state index contributed by atoms with van der Waals surface area (Å²) in [5, 5.41) is 10.8. The van der Waals surface area contributed by atoms with E-state index in [0.717, 1.165) is 36.8 Å². The molecule has 4 nitrogen and oxygen atoms in total. The molecule has 14 heavy (non-hydrogen) atoms. The van der Waals surface area contributed by atoms with Gasteiger partial charge in [0.25, 0.3) is 5.69 Å². The van der Waals surface area contributed by atoms with E-state index in [4.69, 9.17) is 5.73 Å². The molecule has 1 aromatic carbocycles. The number of nitro benzene ring substituents is 1. The van der Waals surface area contributed by atoms with Crippen LogP contribution in [0.3, 0.4) is 0 Å². The summed E-state index contributed by atoms with van der Waals surface area (Å²) >= 11 is 0. The summed E-state index contributed by atoms with van der Waals surface area (Å²) in [7, 11) is 0. The number of rotatable bonds is 1. The van der Waals surface area contributed by atoms with E-state index in [0.29, 0.717) is 0 Å². The Morgan fingerprint density at radius 3 is 2.71 bits per heavy atom. The highest BCUT2D eigenvalue weighted by molar-refractivity contribution is 5.65. The number of hydrogen-bond donors (Lipinski definition) is 1. The standard InChI is InChI=1S/C10H12N2O2/c11-9-6-5-7-3-1-2-4-8(7)10(9)12(13)14/h5-6H,1-4,11H2. The molecule has 1 aliphatic carbocycles. The van der Waals surface area contributed by atoms with Crippen molar-refractivity contribution >= 4 is 11.4 Å². The normalized spacial score (nSPS) is 14.9. The minimum absolute atomic E-state index is 0.127. The van der Waals surface area contributed by atoms with Crippen LogP contribution in [0, 0.1) is 10.1 Å². The van der Waals surface area contributed by atoms with Gasteiger partial charge in [-0.3, -0.25) is 10.1 Å². The summed E-state index contributed by atoms with van der Waals surface area (Å²) in [5.74, 6) is 0. The number of nitrogens with zero attached hydrogens (tertiary/aromatic N) is 1. The van der Waals surface area contributed by atoms with Crippen LogP contribution in [-0.2, 0) is 12.8 Å². The van der Waals surface area contributed by atoms with Crippen molar-refractivity contribution in [2.24, 2.45) is 0 Å². The molecule has 74 valence electrons. The fraction of sp³-hybridized carbons (Fsp3) is 0.400. The lowest BCUT2D eigenvalue weighted by Gasteiger charge is -2.15. The van der Waals surface area contributed by atoms with Crippen molar-refractivity contribution in [2.45, 2.75) is 25.7 Å². The van der Waals surface area contributed by atoms with Crippen LogP contribution in [0.25, 0.3) is 0 Å². The van der Waals surface area contributed by atoms with Crippen molar-refractivity contribution < 1.29 is 4.92 Å². The van der Waals surface area contributed by atoms with Crippen molar-refractivity contribution in [3.63, 3.8) is 0 Å². The maximum atomic E-state index is 10.8. The Kier molecular flexibility index (Phi) is 2.11. The van der Waals surface area contributed by atoms with Gasteiger partial charge in [0, 0.05) is 5.56 Å². The predicted molar refractivity (Wildman–Crippen MR) is 54.2 cm³/mol. The van der Waals surface area contributed by atoms with Gasteiger partial charge >= 0.3 is 0 Å². The summed E-state index contributed by atoms with van der Waals surface area (Å²) in [6.07, 6.45) is 3.87. The molecule has 0 radical (unpaired) electrons. The second-order valence-corrected chi connectivity index (χ2v) is 3.61. The Hall–Kier alpha value is -1.58. The molecule has 0 fully saturated rings. The molecule has 1 aliphatic rings. The summed E-state index contributed by atoms with van der Waals surface area (Å²) in [5.41, 5.74) is 7.96. The minimum atomic E-state index is -0.362. The fourth-order valence-corrected chi connectivity index (χ4v) is 2.04. The number of aryl methyl sites for hydroxylation is 1. The highest BCUT2D eigenvalue weighted by Gasteiger charge is 2.23. The third kappa shape index (κ3) is 1.32. The van der Waals surface area contributed by atoms with Crippen molar-refractivity contribution in [1.82, 2.24) is 0 Å². The van der Waals surface area contributed by atoms with Crippen molar-refractivity contribution in [3.05, 3.63) is 33.4 Å². The zero-order valence-electron chi connectivity index (χ0n) is 7.82. The van der Waals surface area contributed by atoms with E-state index in [1.165, 1.54) is 0 Å². The monoisotopic (exact) mass is 192 g/mol. The molecule has 0 amide bonds. The van der Waals surface area contributed by atoms with E-state index in [1.807, 2.05) is 6.07 Å². The maximum absolute atomic E-state index is 10.8. The van der Waals surface area contributed by atoms with Gasteiger partial charge in [-0.05, 0) is 37.3 Å². The van der Waals surface area contributed by atoms with E-state index >= 15 is 0 Å². The lowest BCUT2D eigenvalue weighted by molar-refractivity contribution is -0.384. The summed E-state index contributed by atoms with van der Waals surface area (Å²) in [6.45, 7) is 0. The van der Waals surface area contributed by atoms with Crippen LogP contribution < -0.4 is 5.73 Å². The van der Waals surface area contributed by atoms with Gasteiger partial charge in [-0.2, -0.15) is 0 Å². The van der Waals surface area contributed by atoms with Crippen LogP contribution in [0.4, 0.5) is 11.4 Å². The average molecular weight is 192 g/mol. The molecule has 0 saturated heterocycles. The van der Waals surface area contributed by atoms with E-state index in [2.05, 4.69) is 0 Å². The van der Waals surface area contributed by atoms with Gasteiger partial charge in [-0.25, -0.2) is 0 Å². The number of nitrogens with two attached hydrogens (primary N) is 1. The minimum Gasteiger partial charge on any atom is -0.393 e. The molecular formula is C10H12N2O2. The second-order valence-electron chi connectivity index (χ2n) is 3.61. The fourth-order valence-electron chi connectivity index (χ4n) is 2.04. The van der Waals surface area contributed by atoms with Gasteiger partial charge in [-0.1, -0.05) is 6.07 Å². The van der Waals surface area contributed by atoms with Gasteiger partial charge in [0.2, 0.25) is 0 Å².